The maximum Gasteiger partial charge on any atom is 0.353 e. The van der Waals surface area contributed by atoms with E-state index in [0.717, 1.165) is 6.07 Å². The molecule has 0 unspecified atom stereocenters. The van der Waals surface area contributed by atoms with Crippen molar-refractivity contribution in [1.82, 2.24) is 10.2 Å². The molecule has 2 aromatic rings. The zero-order valence-electron chi connectivity index (χ0n) is 10.4. The minimum Gasteiger partial charge on any atom is -0.507 e. The number of ether oxygens (including phenoxy) is 1. The molecule has 8 nitrogen and oxygen atoms in total. The number of aromatic amines is 1. The first-order chi connectivity index (χ1) is 9.51. The molecule has 1 aromatic heterocycles. The Balaban J connectivity index is 2.21. The number of aromatic carboxylic acids is 1. The minimum absolute atomic E-state index is 0.00998. The number of nitrogens with zero attached hydrogens (tertiary/aromatic N) is 1. The van der Waals surface area contributed by atoms with Gasteiger partial charge in [0, 0.05) is 6.07 Å². The average molecular weight is 277 g/mol. The summed E-state index contributed by atoms with van der Waals surface area (Å²) in [7, 11) is 1.43. The molecule has 0 aliphatic heterocycles. The number of carboxylic acid groups (broad SMARTS) is 1. The van der Waals surface area contributed by atoms with E-state index in [-0.39, 0.29) is 22.8 Å². The SMILES string of the molecule is COc1ccc(O)c(C(=O)Nc2cc(C(=O)O)[nH]n2)c1. The van der Waals surface area contributed by atoms with Crippen molar-refractivity contribution in [2.75, 3.05) is 12.4 Å². The van der Waals surface area contributed by atoms with Crippen LogP contribution in [0.15, 0.2) is 24.3 Å². The number of carbonyl (C=O) groups excluding carboxylic acids is 1. The molecular formula is C12H11N3O5. The van der Waals surface area contributed by atoms with Crippen molar-refractivity contribution in [1.29, 1.82) is 0 Å². The summed E-state index contributed by atoms with van der Waals surface area (Å²) in [6, 6.07) is 5.34. The van der Waals surface area contributed by atoms with E-state index in [1.54, 1.807) is 0 Å². The van der Waals surface area contributed by atoms with E-state index in [0.29, 0.717) is 5.75 Å². The second-order valence-electron chi connectivity index (χ2n) is 3.81. The maximum absolute atomic E-state index is 12.0. The van der Waals surface area contributed by atoms with E-state index in [4.69, 9.17) is 9.84 Å². The number of aromatic hydroxyl groups is 1. The Hall–Kier alpha value is -3.03. The molecular weight excluding hydrogens is 266 g/mol. The standard InChI is InChI=1S/C12H11N3O5/c1-20-6-2-3-9(16)7(4-6)11(17)13-10-5-8(12(18)19)14-15-10/h2-5,16H,1H3,(H,18,19)(H2,13,14,15,17). The predicted octanol–water partition coefficient (Wildman–Crippen LogP) is 1.07. The monoisotopic (exact) mass is 277 g/mol. The highest BCUT2D eigenvalue weighted by Gasteiger charge is 2.15. The van der Waals surface area contributed by atoms with E-state index in [1.807, 2.05) is 0 Å². The van der Waals surface area contributed by atoms with Gasteiger partial charge in [0.25, 0.3) is 5.91 Å². The van der Waals surface area contributed by atoms with Crippen molar-refractivity contribution in [3.63, 3.8) is 0 Å². The summed E-state index contributed by atoms with van der Waals surface area (Å²) in [4.78, 5) is 22.6. The van der Waals surface area contributed by atoms with Crippen molar-refractivity contribution in [2.24, 2.45) is 0 Å². The second-order valence-corrected chi connectivity index (χ2v) is 3.81. The Morgan fingerprint density at radius 2 is 2.10 bits per heavy atom. The molecule has 104 valence electrons. The molecule has 1 amide bonds. The molecule has 1 heterocycles. The van der Waals surface area contributed by atoms with Crippen LogP contribution in [0.3, 0.4) is 0 Å². The Kier molecular flexibility index (Phi) is 3.56. The van der Waals surface area contributed by atoms with Crippen LogP contribution in [-0.2, 0) is 0 Å². The fourth-order valence-electron chi connectivity index (χ4n) is 1.50. The number of hydrogen-bond acceptors (Lipinski definition) is 5. The molecule has 20 heavy (non-hydrogen) atoms. The van der Waals surface area contributed by atoms with Crippen LogP contribution < -0.4 is 10.1 Å². The van der Waals surface area contributed by atoms with Gasteiger partial charge in [0.2, 0.25) is 0 Å². The van der Waals surface area contributed by atoms with Gasteiger partial charge in [-0.05, 0) is 18.2 Å². The first kappa shape index (κ1) is 13.4. The Bertz CT molecular complexity index is 665. The van der Waals surface area contributed by atoms with Gasteiger partial charge in [0.15, 0.2) is 5.82 Å². The Labute approximate surface area is 113 Å². The summed E-state index contributed by atoms with van der Waals surface area (Å²) < 4.78 is 4.96. The van der Waals surface area contributed by atoms with Crippen LogP contribution in [0.5, 0.6) is 11.5 Å². The molecule has 0 aliphatic carbocycles. The van der Waals surface area contributed by atoms with Crippen LogP contribution in [0.1, 0.15) is 20.8 Å². The number of hydrogen-bond donors (Lipinski definition) is 4. The van der Waals surface area contributed by atoms with E-state index >= 15 is 0 Å². The smallest absolute Gasteiger partial charge is 0.353 e. The first-order valence-corrected chi connectivity index (χ1v) is 5.48. The Morgan fingerprint density at radius 1 is 1.35 bits per heavy atom. The highest BCUT2D eigenvalue weighted by Crippen LogP contribution is 2.23. The van der Waals surface area contributed by atoms with Crippen LogP contribution in [0, 0.1) is 0 Å². The lowest BCUT2D eigenvalue weighted by atomic mass is 10.1. The lowest BCUT2D eigenvalue weighted by molar-refractivity contribution is 0.0690. The van der Waals surface area contributed by atoms with Crippen molar-refractivity contribution in [3.05, 3.63) is 35.5 Å². The van der Waals surface area contributed by atoms with E-state index in [9.17, 15) is 14.7 Å². The highest BCUT2D eigenvalue weighted by atomic mass is 16.5. The maximum atomic E-state index is 12.0. The van der Waals surface area contributed by atoms with Crippen molar-refractivity contribution in [2.45, 2.75) is 0 Å². The van der Waals surface area contributed by atoms with Crippen LogP contribution in [0.4, 0.5) is 5.82 Å². The molecule has 0 saturated heterocycles. The number of phenolic OH excluding ortho intramolecular Hbond substituents is 1. The third-order valence-corrected chi connectivity index (χ3v) is 2.50. The molecule has 0 aliphatic rings. The largest absolute Gasteiger partial charge is 0.507 e. The Morgan fingerprint density at radius 3 is 2.70 bits per heavy atom. The van der Waals surface area contributed by atoms with Crippen LogP contribution >= 0.6 is 0 Å². The van der Waals surface area contributed by atoms with Crippen molar-refractivity contribution >= 4 is 17.7 Å². The normalized spacial score (nSPS) is 10.1. The average Bonchev–Trinajstić information content (AvgIpc) is 2.88. The van der Waals surface area contributed by atoms with Gasteiger partial charge in [0.05, 0.1) is 12.7 Å². The van der Waals surface area contributed by atoms with Gasteiger partial charge in [-0.2, -0.15) is 5.10 Å². The number of methoxy groups -OCH3 is 1. The van der Waals surface area contributed by atoms with E-state index < -0.39 is 11.9 Å². The summed E-state index contributed by atoms with van der Waals surface area (Å²) in [5.41, 5.74) is -0.167. The zero-order valence-corrected chi connectivity index (χ0v) is 10.4. The number of H-pyrrole nitrogens is 1. The van der Waals surface area contributed by atoms with Crippen LogP contribution in [0.2, 0.25) is 0 Å². The number of nitrogens with one attached hydrogen (secondary N) is 2. The molecule has 2 rings (SSSR count). The molecule has 0 bridgehead atoms. The van der Waals surface area contributed by atoms with Gasteiger partial charge < -0.3 is 20.3 Å². The number of carbonyl (C=O) groups is 2. The zero-order chi connectivity index (χ0) is 14.7. The summed E-state index contributed by atoms with van der Waals surface area (Å²) in [6.07, 6.45) is 0. The molecule has 1 aromatic carbocycles. The highest BCUT2D eigenvalue weighted by molar-refractivity contribution is 6.06. The molecule has 0 radical (unpaired) electrons. The van der Waals surface area contributed by atoms with Gasteiger partial charge in [0.1, 0.15) is 17.2 Å². The third-order valence-electron chi connectivity index (χ3n) is 2.50. The van der Waals surface area contributed by atoms with Crippen LogP contribution in [0.25, 0.3) is 0 Å². The van der Waals surface area contributed by atoms with Gasteiger partial charge in [-0.1, -0.05) is 0 Å². The topological polar surface area (TPSA) is 125 Å². The van der Waals surface area contributed by atoms with E-state index in [2.05, 4.69) is 15.5 Å². The van der Waals surface area contributed by atoms with Gasteiger partial charge in [-0.3, -0.25) is 9.89 Å². The molecule has 8 heteroatoms. The van der Waals surface area contributed by atoms with Crippen LogP contribution in [-0.4, -0.2) is 39.4 Å². The molecule has 0 spiro atoms. The summed E-state index contributed by atoms with van der Waals surface area (Å²) in [5.74, 6) is -1.61. The summed E-state index contributed by atoms with van der Waals surface area (Å²) in [6.45, 7) is 0. The molecule has 4 N–H and O–H groups in total. The number of anilines is 1. The lowest BCUT2D eigenvalue weighted by Gasteiger charge is -2.06. The first-order valence-electron chi connectivity index (χ1n) is 5.48. The van der Waals surface area contributed by atoms with Gasteiger partial charge in [-0.25, -0.2) is 4.79 Å². The lowest BCUT2D eigenvalue weighted by Crippen LogP contribution is -2.12. The third kappa shape index (κ3) is 2.69. The number of amides is 1. The molecule has 0 atom stereocenters. The molecule has 0 fully saturated rings. The number of carboxylic acids is 1. The minimum atomic E-state index is -1.19. The second kappa shape index (κ2) is 5.31. The molecule has 0 saturated carbocycles. The van der Waals surface area contributed by atoms with Gasteiger partial charge >= 0.3 is 5.97 Å². The van der Waals surface area contributed by atoms with E-state index in [1.165, 1.54) is 25.3 Å². The number of aromatic nitrogens is 2. The predicted molar refractivity (Wildman–Crippen MR) is 68.2 cm³/mol. The quantitative estimate of drug-likeness (QED) is 0.662. The fourth-order valence-corrected chi connectivity index (χ4v) is 1.50. The van der Waals surface area contributed by atoms with Crippen molar-refractivity contribution in [3.8, 4) is 11.5 Å². The fraction of sp³-hybridized carbons (Fsp3) is 0.0833. The van der Waals surface area contributed by atoms with Crippen molar-refractivity contribution < 1.29 is 24.5 Å². The summed E-state index contributed by atoms with van der Waals surface area (Å²) in [5, 5.41) is 26.6. The number of rotatable bonds is 4. The van der Waals surface area contributed by atoms with Gasteiger partial charge in [-0.15, -0.1) is 0 Å². The summed E-state index contributed by atoms with van der Waals surface area (Å²) >= 11 is 0. The number of phenols is 1. The number of benzene rings is 1.